The summed E-state index contributed by atoms with van der Waals surface area (Å²) in [6.07, 6.45) is 1.81. The van der Waals surface area contributed by atoms with Crippen LogP contribution >= 0.6 is 22.9 Å². The Bertz CT molecular complexity index is 731. The summed E-state index contributed by atoms with van der Waals surface area (Å²) in [6, 6.07) is 4.13. The molecule has 0 aliphatic heterocycles. The number of thiophene rings is 1. The molecule has 0 radical (unpaired) electrons. The van der Waals surface area contributed by atoms with E-state index in [-0.39, 0.29) is 5.28 Å². The minimum absolute atomic E-state index is 0.264. The first-order chi connectivity index (χ1) is 9.22. The van der Waals surface area contributed by atoms with Crippen molar-refractivity contribution in [1.29, 1.82) is 0 Å². The molecule has 0 aliphatic rings. The van der Waals surface area contributed by atoms with Gasteiger partial charge in [-0.2, -0.15) is 10.1 Å². The van der Waals surface area contributed by atoms with Gasteiger partial charge < -0.3 is 0 Å². The van der Waals surface area contributed by atoms with Gasteiger partial charge in [0.15, 0.2) is 5.82 Å². The Hall–Kier alpha value is -1.46. The minimum Gasteiger partial charge on any atom is -0.218 e. The highest BCUT2D eigenvalue weighted by Gasteiger charge is 2.14. The second-order valence-electron chi connectivity index (χ2n) is 4.20. The largest absolute Gasteiger partial charge is 0.225 e. The number of hydrogen-bond donors (Lipinski definition) is 0. The lowest BCUT2D eigenvalue weighted by atomic mass is 10.2. The molecule has 0 fully saturated rings. The Kier molecular flexibility index (Phi) is 3.24. The number of rotatable bonds is 3. The summed E-state index contributed by atoms with van der Waals surface area (Å²) in [7, 11) is 0. The topological polar surface area (TPSA) is 43.6 Å². The van der Waals surface area contributed by atoms with Gasteiger partial charge in [0.25, 0.3) is 0 Å². The van der Waals surface area contributed by atoms with Crippen molar-refractivity contribution in [2.75, 3.05) is 0 Å². The second kappa shape index (κ2) is 4.90. The molecule has 0 aliphatic carbocycles. The number of aryl methyl sites for hydroxylation is 2. The van der Waals surface area contributed by atoms with Crippen LogP contribution in [0.1, 0.15) is 25.2 Å². The van der Waals surface area contributed by atoms with Crippen LogP contribution in [0.4, 0.5) is 0 Å². The van der Waals surface area contributed by atoms with Crippen LogP contribution < -0.4 is 0 Å². The zero-order valence-corrected chi connectivity index (χ0v) is 12.3. The molecule has 0 saturated heterocycles. The molecule has 98 valence electrons. The summed E-state index contributed by atoms with van der Waals surface area (Å²) in [5, 5.41) is 7.87. The average molecular weight is 293 g/mol. The number of fused-ring (bicyclic) bond motifs is 1. The van der Waals surface area contributed by atoms with Gasteiger partial charge in [0, 0.05) is 5.69 Å². The fourth-order valence-electron chi connectivity index (χ4n) is 2.06. The van der Waals surface area contributed by atoms with Gasteiger partial charge in [0.1, 0.15) is 4.83 Å². The molecule has 0 spiro atoms. The lowest BCUT2D eigenvalue weighted by molar-refractivity contribution is 0.776. The van der Waals surface area contributed by atoms with E-state index in [4.69, 9.17) is 11.6 Å². The third-order valence-corrected chi connectivity index (χ3v) is 4.01. The van der Waals surface area contributed by atoms with E-state index in [2.05, 4.69) is 35.0 Å². The zero-order chi connectivity index (χ0) is 13.4. The van der Waals surface area contributed by atoms with Gasteiger partial charge in [-0.3, -0.25) is 0 Å². The van der Waals surface area contributed by atoms with Crippen LogP contribution in [0.25, 0.3) is 16.0 Å². The molecule has 6 heteroatoms. The Balaban J connectivity index is 2.28. The van der Waals surface area contributed by atoms with Crippen LogP contribution in [0.2, 0.25) is 5.28 Å². The van der Waals surface area contributed by atoms with Crippen molar-refractivity contribution < 1.29 is 0 Å². The van der Waals surface area contributed by atoms with Crippen molar-refractivity contribution in [1.82, 2.24) is 19.7 Å². The van der Waals surface area contributed by atoms with E-state index >= 15 is 0 Å². The molecule has 3 rings (SSSR count). The molecule has 0 N–H and O–H groups in total. The molecule has 0 saturated carbocycles. The number of hydrogen-bond acceptors (Lipinski definition) is 4. The first-order valence-corrected chi connectivity index (χ1v) is 7.47. The molecule has 0 bridgehead atoms. The SMILES string of the molecule is CCc1cc(CC)n(-c2nc(Cl)nc3sccc23)n1. The third-order valence-electron chi connectivity index (χ3n) is 3.04. The van der Waals surface area contributed by atoms with E-state index in [9.17, 15) is 0 Å². The molecule has 0 aromatic carbocycles. The van der Waals surface area contributed by atoms with Gasteiger partial charge in [0.2, 0.25) is 5.28 Å². The Morgan fingerprint density at radius 2 is 2.11 bits per heavy atom. The Morgan fingerprint density at radius 3 is 2.84 bits per heavy atom. The van der Waals surface area contributed by atoms with Crippen molar-refractivity contribution in [2.24, 2.45) is 0 Å². The van der Waals surface area contributed by atoms with Gasteiger partial charge >= 0.3 is 0 Å². The van der Waals surface area contributed by atoms with E-state index in [1.807, 2.05) is 16.1 Å². The molecule has 0 unspecified atom stereocenters. The van der Waals surface area contributed by atoms with E-state index in [0.29, 0.717) is 0 Å². The molecule has 3 aromatic heterocycles. The fraction of sp³-hybridized carbons (Fsp3) is 0.308. The van der Waals surface area contributed by atoms with Gasteiger partial charge in [-0.25, -0.2) is 9.67 Å². The van der Waals surface area contributed by atoms with Crippen LogP contribution in [-0.4, -0.2) is 19.7 Å². The lowest BCUT2D eigenvalue weighted by Crippen LogP contribution is -2.05. The Morgan fingerprint density at radius 1 is 1.26 bits per heavy atom. The standard InChI is InChI=1S/C13H13ClN4S/c1-3-8-7-9(4-2)18(17-8)11-10-5-6-19-12(10)16-13(14)15-11/h5-7H,3-4H2,1-2H3. The molecule has 4 nitrogen and oxygen atoms in total. The fourth-order valence-corrected chi connectivity index (χ4v) is 3.03. The maximum atomic E-state index is 6.01. The molecular weight excluding hydrogens is 280 g/mol. The average Bonchev–Trinajstić information content (AvgIpc) is 3.03. The Labute approximate surface area is 120 Å². The zero-order valence-electron chi connectivity index (χ0n) is 10.7. The second-order valence-corrected chi connectivity index (χ2v) is 5.43. The predicted molar refractivity (Wildman–Crippen MR) is 78.3 cm³/mol. The lowest BCUT2D eigenvalue weighted by Gasteiger charge is -2.06. The van der Waals surface area contributed by atoms with Crippen molar-refractivity contribution in [2.45, 2.75) is 26.7 Å². The summed E-state index contributed by atoms with van der Waals surface area (Å²) in [5.74, 6) is 0.771. The third kappa shape index (κ3) is 2.13. The number of aromatic nitrogens is 4. The monoisotopic (exact) mass is 292 g/mol. The van der Waals surface area contributed by atoms with Crippen LogP contribution in [-0.2, 0) is 12.8 Å². The maximum Gasteiger partial charge on any atom is 0.225 e. The van der Waals surface area contributed by atoms with E-state index < -0.39 is 0 Å². The summed E-state index contributed by atoms with van der Waals surface area (Å²) in [6.45, 7) is 4.21. The summed E-state index contributed by atoms with van der Waals surface area (Å²) in [5.41, 5.74) is 2.20. The van der Waals surface area contributed by atoms with Crippen molar-refractivity contribution in [3.05, 3.63) is 34.2 Å². The van der Waals surface area contributed by atoms with Gasteiger partial charge in [-0.05, 0) is 42.0 Å². The van der Waals surface area contributed by atoms with Gasteiger partial charge in [-0.15, -0.1) is 11.3 Å². The van der Waals surface area contributed by atoms with Crippen LogP contribution in [0.3, 0.4) is 0 Å². The van der Waals surface area contributed by atoms with Crippen LogP contribution in [0.5, 0.6) is 0 Å². The van der Waals surface area contributed by atoms with Gasteiger partial charge in [0.05, 0.1) is 11.1 Å². The highest BCUT2D eigenvalue weighted by molar-refractivity contribution is 7.16. The maximum absolute atomic E-state index is 6.01. The van der Waals surface area contributed by atoms with Crippen molar-refractivity contribution >= 4 is 33.2 Å². The quantitative estimate of drug-likeness (QED) is 0.692. The molecule has 0 amide bonds. The molecule has 3 heterocycles. The first kappa shape index (κ1) is 12.6. The number of nitrogens with zero attached hydrogens (tertiary/aromatic N) is 4. The van der Waals surface area contributed by atoms with E-state index in [1.54, 1.807) is 11.3 Å². The molecular formula is C13H13ClN4S. The van der Waals surface area contributed by atoms with Crippen molar-refractivity contribution in [3.8, 4) is 5.82 Å². The van der Waals surface area contributed by atoms with E-state index in [1.165, 1.54) is 0 Å². The van der Waals surface area contributed by atoms with E-state index in [0.717, 1.165) is 40.3 Å². The summed E-state index contributed by atoms with van der Waals surface area (Å²) >= 11 is 7.57. The van der Waals surface area contributed by atoms with Crippen LogP contribution in [0.15, 0.2) is 17.5 Å². The molecule has 0 atom stereocenters. The molecule has 19 heavy (non-hydrogen) atoms. The number of halogens is 1. The smallest absolute Gasteiger partial charge is 0.218 e. The molecule has 3 aromatic rings. The summed E-state index contributed by atoms with van der Waals surface area (Å²) < 4.78 is 1.89. The van der Waals surface area contributed by atoms with Crippen molar-refractivity contribution in [3.63, 3.8) is 0 Å². The first-order valence-electron chi connectivity index (χ1n) is 6.21. The normalized spacial score (nSPS) is 11.3. The predicted octanol–water partition coefficient (Wildman–Crippen LogP) is 3.66. The highest BCUT2D eigenvalue weighted by Crippen LogP contribution is 2.26. The highest BCUT2D eigenvalue weighted by atomic mass is 35.5. The van der Waals surface area contributed by atoms with Crippen LogP contribution in [0, 0.1) is 0 Å². The van der Waals surface area contributed by atoms with Gasteiger partial charge in [-0.1, -0.05) is 13.8 Å². The minimum atomic E-state index is 0.264. The summed E-state index contributed by atoms with van der Waals surface area (Å²) in [4.78, 5) is 9.49.